The van der Waals surface area contributed by atoms with Crippen LogP contribution in [-0.4, -0.2) is 6.04 Å². The van der Waals surface area contributed by atoms with Gasteiger partial charge in [0.2, 0.25) is 0 Å². The average Bonchev–Trinajstić information content (AvgIpc) is 3.89. The topological polar surface area (TPSA) is 3.24 Å². The van der Waals surface area contributed by atoms with E-state index in [0.29, 0.717) is 0 Å². The fourth-order valence-electron chi connectivity index (χ4n) is 12.6. The lowest BCUT2D eigenvalue weighted by atomic mass is 9.67. The lowest BCUT2D eigenvalue weighted by molar-refractivity contribution is 0.586. The second-order valence-corrected chi connectivity index (χ2v) is 22.4. The number of hydrogen-bond donors (Lipinski definition) is 0. The summed E-state index contributed by atoms with van der Waals surface area (Å²) in [7, 11) is 0. The highest BCUT2D eigenvalue weighted by Gasteiger charge is 2.53. The first-order chi connectivity index (χ1) is 32.2. The first-order valence-electron chi connectivity index (χ1n) is 24.7. The molecule has 0 bridgehead atoms. The standard InChI is InChI=1S/C66H61N/c1-63(2,3)45-29-35-54-55-36-30-46(64(4,5)6)40-61(55)66(60(54)39-45)57-24-16-13-22-51(57)53-34-28-44(38-59(53)66)42-26-31-47(32-27-42)67(62-25-17-14-20-49(62)43-18-10-9-11-19-43)48-33-37-52-50-21-12-15-23-56(50)65(7,8)58(52)41-48/h9-24,26-27,29-33,35-41,62H,25,28,34H2,1-8H3. The number of anilines is 2. The van der Waals surface area contributed by atoms with Gasteiger partial charge in [-0.3, -0.25) is 0 Å². The summed E-state index contributed by atoms with van der Waals surface area (Å²) in [6.07, 6.45) is 12.5. The highest BCUT2D eigenvalue weighted by molar-refractivity contribution is 5.99. The van der Waals surface area contributed by atoms with Gasteiger partial charge in [-0.15, -0.1) is 0 Å². The van der Waals surface area contributed by atoms with Crippen molar-refractivity contribution >= 4 is 28.1 Å². The Labute approximate surface area is 399 Å². The van der Waals surface area contributed by atoms with Gasteiger partial charge in [0.05, 0.1) is 11.5 Å². The van der Waals surface area contributed by atoms with Crippen LogP contribution in [0.5, 0.6) is 0 Å². The number of rotatable bonds is 5. The highest BCUT2D eigenvalue weighted by atomic mass is 15.2. The molecular weight excluding hydrogens is 807 g/mol. The van der Waals surface area contributed by atoms with E-state index in [-0.39, 0.29) is 22.3 Å². The van der Waals surface area contributed by atoms with E-state index >= 15 is 0 Å². The zero-order valence-corrected chi connectivity index (χ0v) is 40.5. The molecule has 1 spiro atoms. The molecule has 67 heavy (non-hydrogen) atoms. The molecule has 1 unspecified atom stereocenters. The molecular formula is C66H61N. The monoisotopic (exact) mass is 867 g/mol. The van der Waals surface area contributed by atoms with Crippen molar-refractivity contribution < 1.29 is 0 Å². The molecule has 7 aromatic carbocycles. The summed E-state index contributed by atoms with van der Waals surface area (Å²) in [5.74, 6) is 0. The van der Waals surface area contributed by atoms with E-state index < -0.39 is 5.41 Å². The summed E-state index contributed by atoms with van der Waals surface area (Å²) in [5.41, 5.74) is 27.1. The van der Waals surface area contributed by atoms with Gasteiger partial charge in [-0.05, 0) is 155 Å². The third-order valence-corrected chi connectivity index (χ3v) is 16.1. The molecule has 0 saturated heterocycles. The van der Waals surface area contributed by atoms with Gasteiger partial charge in [0, 0.05) is 16.8 Å². The summed E-state index contributed by atoms with van der Waals surface area (Å²) >= 11 is 0. The second kappa shape index (κ2) is 14.9. The maximum absolute atomic E-state index is 2.63. The molecule has 0 fully saturated rings. The molecule has 1 atom stereocenters. The molecule has 0 radical (unpaired) electrons. The van der Waals surface area contributed by atoms with Crippen LogP contribution in [0.25, 0.3) is 39.0 Å². The van der Waals surface area contributed by atoms with Crippen LogP contribution in [0.1, 0.15) is 130 Å². The first-order valence-corrected chi connectivity index (χ1v) is 24.7. The van der Waals surface area contributed by atoms with Crippen molar-refractivity contribution in [3.8, 4) is 22.3 Å². The summed E-state index contributed by atoms with van der Waals surface area (Å²) in [4.78, 5) is 2.62. The molecule has 330 valence electrons. The van der Waals surface area contributed by atoms with E-state index in [1.807, 2.05) is 0 Å². The lowest BCUT2D eigenvalue weighted by Crippen LogP contribution is -2.33. The smallest absolute Gasteiger partial charge is 0.0722 e. The molecule has 0 saturated carbocycles. The Balaban J connectivity index is 1.00. The van der Waals surface area contributed by atoms with Crippen LogP contribution in [0.4, 0.5) is 11.4 Å². The lowest BCUT2D eigenvalue weighted by Gasteiger charge is -2.37. The van der Waals surface area contributed by atoms with Gasteiger partial charge < -0.3 is 4.90 Å². The molecule has 1 heteroatoms. The number of allylic oxidation sites excluding steroid dienone is 6. The Morgan fingerprint density at radius 3 is 1.73 bits per heavy atom. The van der Waals surface area contributed by atoms with Crippen molar-refractivity contribution in [3.63, 3.8) is 0 Å². The maximum atomic E-state index is 2.63. The molecule has 7 aromatic rings. The second-order valence-electron chi connectivity index (χ2n) is 22.4. The quantitative estimate of drug-likeness (QED) is 0.167. The van der Waals surface area contributed by atoms with Crippen molar-refractivity contribution in [1.82, 2.24) is 0 Å². The minimum Gasteiger partial charge on any atom is -0.334 e. The summed E-state index contributed by atoms with van der Waals surface area (Å²) < 4.78 is 0. The number of fused-ring (bicyclic) bond motifs is 12. The summed E-state index contributed by atoms with van der Waals surface area (Å²) in [6.45, 7) is 18.9. The van der Waals surface area contributed by atoms with E-state index in [1.54, 1.807) is 0 Å². The van der Waals surface area contributed by atoms with Gasteiger partial charge in [-0.2, -0.15) is 0 Å². The Hall–Kier alpha value is -6.70. The average molecular weight is 868 g/mol. The minimum atomic E-state index is -0.392. The van der Waals surface area contributed by atoms with E-state index in [2.05, 4.69) is 242 Å². The largest absolute Gasteiger partial charge is 0.334 e. The van der Waals surface area contributed by atoms with Crippen molar-refractivity contribution in [3.05, 3.63) is 243 Å². The maximum Gasteiger partial charge on any atom is 0.0722 e. The van der Waals surface area contributed by atoms with Crippen LogP contribution < -0.4 is 4.90 Å². The zero-order valence-electron chi connectivity index (χ0n) is 40.5. The van der Waals surface area contributed by atoms with Crippen molar-refractivity contribution in [2.24, 2.45) is 0 Å². The Kier molecular flexibility index (Phi) is 9.28. The molecule has 5 aliphatic rings. The predicted octanol–water partition coefficient (Wildman–Crippen LogP) is 17.1. The Bertz CT molecular complexity index is 3230. The number of benzene rings is 7. The van der Waals surface area contributed by atoms with Crippen molar-refractivity contribution in [1.29, 1.82) is 0 Å². The minimum absolute atomic E-state index is 0.0205. The highest BCUT2D eigenvalue weighted by Crippen LogP contribution is 2.65. The first kappa shape index (κ1) is 41.7. The SMILES string of the molecule is CC(C)(C)c1ccc2c(c1)C1(C3=C(CCC(c4ccc(N(c5ccc6c(c5)C(C)(C)c5ccccc5-6)C5CC=CC=C5c5ccccc5)cc4)=C3)c3ccccc31)c1cc(C(C)(C)C)ccc1-2. The van der Waals surface area contributed by atoms with Gasteiger partial charge >= 0.3 is 0 Å². The van der Waals surface area contributed by atoms with Crippen LogP contribution in [-0.2, 0) is 21.7 Å². The van der Waals surface area contributed by atoms with Gasteiger partial charge in [-0.1, -0.05) is 213 Å². The molecule has 12 rings (SSSR count). The number of nitrogens with zero attached hydrogens (tertiary/aromatic N) is 1. The third kappa shape index (κ3) is 6.26. The Morgan fingerprint density at radius 2 is 1.06 bits per heavy atom. The van der Waals surface area contributed by atoms with E-state index in [4.69, 9.17) is 0 Å². The Morgan fingerprint density at radius 1 is 0.493 bits per heavy atom. The van der Waals surface area contributed by atoms with Crippen molar-refractivity contribution in [2.75, 3.05) is 4.90 Å². The third-order valence-electron chi connectivity index (χ3n) is 16.1. The molecule has 0 N–H and O–H groups in total. The zero-order chi connectivity index (χ0) is 46.0. The van der Waals surface area contributed by atoms with Crippen LogP contribution in [0.3, 0.4) is 0 Å². The summed E-state index contributed by atoms with van der Waals surface area (Å²) in [5, 5.41) is 0. The molecule has 0 heterocycles. The molecule has 0 aliphatic heterocycles. The van der Waals surface area contributed by atoms with E-state index in [9.17, 15) is 0 Å². The normalized spacial score (nSPS) is 18.1. The van der Waals surface area contributed by atoms with Gasteiger partial charge in [0.15, 0.2) is 0 Å². The predicted molar refractivity (Wildman–Crippen MR) is 284 cm³/mol. The van der Waals surface area contributed by atoms with Crippen molar-refractivity contribution in [2.45, 2.75) is 102 Å². The van der Waals surface area contributed by atoms with Crippen LogP contribution in [0, 0.1) is 0 Å². The fraction of sp³-hybridized carbons (Fsp3) is 0.242. The van der Waals surface area contributed by atoms with E-state index in [0.717, 1.165) is 19.3 Å². The summed E-state index contributed by atoms with van der Waals surface area (Å²) in [6, 6.07) is 61.1. The molecule has 0 aromatic heterocycles. The van der Waals surface area contributed by atoms with Crippen LogP contribution in [0.15, 0.2) is 188 Å². The van der Waals surface area contributed by atoms with Gasteiger partial charge in [0.1, 0.15) is 0 Å². The van der Waals surface area contributed by atoms with Crippen LogP contribution >= 0.6 is 0 Å². The fourth-order valence-corrected chi connectivity index (χ4v) is 12.6. The molecule has 0 amide bonds. The van der Waals surface area contributed by atoms with Gasteiger partial charge in [0.25, 0.3) is 0 Å². The number of hydrogen-bond acceptors (Lipinski definition) is 1. The van der Waals surface area contributed by atoms with Crippen LogP contribution in [0.2, 0.25) is 0 Å². The van der Waals surface area contributed by atoms with Gasteiger partial charge in [-0.25, -0.2) is 0 Å². The molecule has 5 aliphatic carbocycles. The molecule has 1 nitrogen and oxygen atoms in total. The van der Waals surface area contributed by atoms with E-state index in [1.165, 1.54) is 112 Å².